The summed E-state index contributed by atoms with van der Waals surface area (Å²) in [6.07, 6.45) is 5.49. The van der Waals surface area contributed by atoms with Gasteiger partial charge in [-0.05, 0) is 62.8 Å². The van der Waals surface area contributed by atoms with Gasteiger partial charge in [-0.3, -0.25) is 19.1 Å². The monoisotopic (exact) mass is 756 g/mol. The topological polar surface area (TPSA) is 210 Å². The molecule has 4 aliphatic rings. The zero-order valence-corrected chi connectivity index (χ0v) is 30.1. The Bertz CT molecular complexity index is 2260. The Morgan fingerprint density at radius 2 is 1.76 bits per heavy atom. The third kappa shape index (κ3) is 7.09. The molecule has 1 saturated heterocycles. The second kappa shape index (κ2) is 14.0. The van der Waals surface area contributed by atoms with Gasteiger partial charge in [-0.15, -0.1) is 0 Å². The van der Waals surface area contributed by atoms with Crippen molar-refractivity contribution in [3.63, 3.8) is 0 Å². The van der Waals surface area contributed by atoms with Gasteiger partial charge in [0, 0.05) is 17.7 Å². The van der Waals surface area contributed by atoms with Gasteiger partial charge < -0.3 is 29.8 Å². The van der Waals surface area contributed by atoms with Crippen molar-refractivity contribution in [1.29, 1.82) is 0 Å². The summed E-state index contributed by atoms with van der Waals surface area (Å²) in [5.74, 6) is -2.06. The molecule has 15 nitrogen and oxygen atoms in total. The minimum atomic E-state index is -3.91. The largest absolute Gasteiger partial charge is 0.471 e. The molecule has 282 valence electrons. The van der Waals surface area contributed by atoms with Gasteiger partial charge in [0.05, 0.1) is 22.8 Å². The van der Waals surface area contributed by atoms with Crippen LogP contribution in [0.5, 0.6) is 5.88 Å². The number of aromatic nitrogens is 2. The van der Waals surface area contributed by atoms with Gasteiger partial charge in [0.15, 0.2) is 11.5 Å². The van der Waals surface area contributed by atoms with Crippen LogP contribution in [0, 0.1) is 5.92 Å². The highest BCUT2D eigenvalue weighted by Gasteiger charge is 2.62. The molecule has 8 rings (SSSR count). The van der Waals surface area contributed by atoms with Crippen molar-refractivity contribution < 1.29 is 41.9 Å². The van der Waals surface area contributed by atoms with Gasteiger partial charge in [-0.2, -0.15) is 0 Å². The summed E-state index contributed by atoms with van der Waals surface area (Å²) >= 11 is 0. The Hall–Kier alpha value is -5.51. The lowest BCUT2D eigenvalue weighted by Gasteiger charge is -2.29. The number of amides is 4. The fourth-order valence-corrected chi connectivity index (χ4v) is 8.84. The number of nitrogens with zero attached hydrogens (tertiary/aromatic N) is 3. The maximum absolute atomic E-state index is 14.3. The number of carboxylic acid groups (broad SMARTS) is 1. The number of fused-ring (bicyclic) bond motifs is 4. The summed E-state index contributed by atoms with van der Waals surface area (Å²) in [4.78, 5) is 65.0. The van der Waals surface area contributed by atoms with E-state index in [1.807, 2.05) is 60.7 Å². The fraction of sp³-hybridized carbons (Fsp3) is 0.421. The van der Waals surface area contributed by atoms with E-state index in [9.17, 15) is 32.7 Å². The maximum atomic E-state index is 14.3. The first-order valence-corrected chi connectivity index (χ1v) is 19.8. The molecule has 2 saturated carbocycles. The first kappa shape index (κ1) is 35.5. The molecule has 16 heteroatoms. The van der Waals surface area contributed by atoms with Crippen molar-refractivity contribution in [2.24, 2.45) is 5.92 Å². The number of allylic oxidation sites excluding steroid dienone is 1. The molecule has 3 fully saturated rings. The number of carbonyl (C=O) groups is 4. The van der Waals surface area contributed by atoms with Crippen LogP contribution in [0.2, 0.25) is 0 Å². The normalized spacial score (nSPS) is 26.9. The fourth-order valence-electron chi connectivity index (χ4n) is 7.48. The molecule has 0 spiro atoms. The second-order valence-corrected chi connectivity index (χ2v) is 16.5. The molecular formula is C38H40N6O9S. The molecule has 0 unspecified atom stereocenters. The Morgan fingerprint density at radius 1 is 1.00 bits per heavy atom. The summed E-state index contributed by atoms with van der Waals surface area (Å²) < 4.78 is 40.5. The van der Waals surface area contributed by atoms with Gasteiger partial charge in [0.25, 0.3) is 5.91 Å². The van der Waals surface area contributed by atoms with E-state index >= 15 is 0 Å². The number of ether oxygens (including phenoxy) is 1. The summed E-state index contributed by atoms with van der Waals surface area (Å²) in [7, 11) is -3.91. The third-order valence-electron chi connectivity index (χ3n) is 10.6. The van der Waals surface area contributed by atoms with Crippen LogP contribution in [0.3, 0.4) is 0 Å². The number of para-hydroxylation sites is 3. The lowest BCUT2D eigenvalue weighted by Crippen LogP contribution is -2.58. The number of carbonyl (C=O) groups excluding carboxylic acids is 3. The SMILES string of the molecule is O=C(O)N[C@H]1CCCCC/C=C\[C@@H]2C[C@@]2(C(=O)NS(=O)(=O)C2CC2)NC(=O)[C@@H]2C[C@@H](Oc3nc4ccccc4nc3-c3cc4ccccc4o3)CN2C1=O. The van der Waals surface area contributed by atoms with Crippen LogP contribution >= 0.6 is 0 Å². The Kier molecular flexibility index (Phi) is 9.24. The van der Waals surface area contributed by atoms with Gasteiger partial charge in [-0.1, -0.05) is 55.3 Å². The Morgan fingerprint density at radius 3 is 2.52 bits per heavy atom. The number of hydrogen-bond acceptors (Lipinski definition) is 10. The summed E-state index contributed by atoms with van der Waals surface area (Å²) in [5.41, 5.74) is 0.546. The van der Waals surface area contributed by atoms with Crippen LogP contribution in [-0.2, 0) is 24.4 Å². The molecule has 2 aromatic heterocycles. The molecule has 2 aliphatic carbocycles. The molecular weight excluding hydrogens is 717 g/mol. The number of hydrogen-bond donors (Lipinski definition) is 4. The van der Waals surface area contributed by atoms with Crippen molar-refractivity contribution in [2.45, 2.75) is 86.8 Å². The molecule has 2 aliphatic heterocycles. The Labute approximate surface area is 310 Å². The van der Waals surface area contributed by atoms with Gasteiger partial charge in [0.2, 0.25) is 27.7 Å². The van der Waals surface area contributed by atoms with Crippen LogP contribution in [0.4, 0.5) is 4.79 Å². The van der Waals surface area contributed by atoms with Gasteiger partial charge in [0.1, 0.15) is 29.3 Å². The van der Waals surface area contributed by atoms with Crippen LogP contribution < -0.4 is 20.1 Å². The van der Waals surface area contributed by atoms with E-state index in [-0.39, 0.29) is 31.7 Å². The minimum Gasteiger partial charge on any atom is -0.471 e. The lowest BCUT2D eigenvalue weighted by molar-refractivity contribution is -0.141. The summed E-state index contributed by atoms with van der Waals surface area (Å²) in [6, 6.07) is 14.2. The van der Waals surface area contributed by atoms with Crippen LogP contribution in [-0.4, -0.2) is 87.7 Å². The van der Waals surface area contributed by atoms with E-state index < -0.39 is 68.7 Å². The molecule has 0 bridgehead atoms. The quantitative estimate of drug-likeness (QED) is 0.198. The van der Waals surface area contributed by atoms with Crippen LogP contribution in [0.25, 0.3) is 33.5 Å². The molecule has 0 radical (unpaired) electrons. The predicted octanol–water partition coefficient (Wildman–Crippen LogP) is 4.03. The van der Waals surface area contributed by atoms with Crippen molar-refractivity contribution in [3.8, 4) is 17.3 Å². The number of nitrogens with one attached hydrogen (secondary N) is 3. The highest BCUT2D eigenvalue weighted by Crippen LogP contribution is 2.46. The first-order chi connectivity index (χ1) is 26.0. The maximum Gasteiger partial charge on any atom is 0.405 e. The predicted molar refractivity (Wildman–Crippen MR) is 196 cm³/mol. The van der Waals surface area contributed by atoms with E-state index in [1.54, 1.807) is 6.07 Å². The minimum absolute atomic E-state index is 0.0377. The zero-order valence-electron chi connectivity index (χ0n) is 29.3. The molecule has 4 heterocycles. The van der Waals surface area contributed by atoms with Crippen LogP contribution in [0.1, 0.15) is 57.8 Å². The third-order valence-corrected chi connectivity index (χ3v) is 12.4. The Balaban J connectivity index is 1.13. The number of sulfonamides is 1. The first-order valence-electron chi connectivity index (χ1n) is 18.3. The average molecular weight is 757 g/mol. The van der Waals surface area contributed by atoms with E-state index in [2.05, 4.69) is 15.4 Å². The molecule has 2 aromatic carbocycles. The standard InChI is InChI=1S/C38H40N6O9S/c45-33-29-19-24(52-34-32(39-26-12-7-8-13-27(26)40-34)31-18-22-10-6-9-15-30(22)53-31)21-44(29)35(46)28(41-37(48)49)14-5-3-1-2-4-11-23-20-38(23,42-33)36(47)43-54(50,51)25-16-17-25/h4,6-13,15,18,23-25,28-29,41H,1-3,5,14,16-17,19-21H2,(H,42,45)(H,43,47)(H,48,49)/b11-4-/t23-,24-,28+,29+,38-/m1/s1. The van der Waals surface area contributed by atoms with Gasteiger partial charge in [-0.25, -0.2) is 23.2 Å². The number of benzene rings is 2. The van der Waals surface area contributed by atoms with Crippen molar-refractivity contribution in [2.75, 3.05) is 6.54 Å². The van der Waals surface area contributed by atoms with E-state index in [1.165, 1.54) is 4.90 Å². The van der Waals surface area contributed by atoms with E-state index in [4.69, 9.17) is 19.1 Å². The summed E-state index contributed by atoms with van der Waals surface area (Å²) in [5, 5.41) is 15.0. The van der Waals surface area contributed by atoms with Gasteiger partial charge >= 0.3 is 6.09 Å². The number of furan rings is 1. The summed E-state index contributed by atoms with van der Waals surface area (Å²) in [6.45, 7) is -0.110. The van der Waals surface area contributed by atoms with Crippen molar-refractivity contribution >= 4 is 55.8 Å². The molecule has 4 amide bonds. The van der Waals surface area contributed by atoms with Crippen molar-refractivity contribution in [3.05, 3.63) is 66.7 Å². The van der Waals surface area contributed by atoms with Crippen molar-refractivity contribution in [1.82, 2.24) is 30.2 Å². The zero-order chi connectivity index (χ0) is 37.6. The van der Waals surface area contributed by atoms with Crippen LogP contribution in [0.15, 0.2) is 71.2 Å². The number of rotatable bonds is 7. The second-order valence-electron chi connectivity index (χ2n) is 14.5. The average Bonchev–Trinajstić information content (AvgIpc) is 4.03. The van der Waals surface area contributed by atoms with E-state index in [0.29, 0.717) is 60.2 Å². The highest BCUT2D eigenvalue weighted by atomic mass is 32.2. The van der Waals surface area contributed by atoms with E-state index in [0.717, 1.165) is 11.8 Å². The molecule has 4 aromatic rings. The molecule has 5 atom stereocenters. The smallest absolute Gasteiger partial charge is 0.405 e. The molecule has 54 heavy (non-hydrogen) atoms. The lowest BCUT2D eigenvalue weighted by atomic mass is 10.1. The highest BCUT2D eigenvalue weighted by molar-refractivity contribution is 7.91. The molecule has 4 N–H and O–H groups in total.